The molecule has 0 saturated carbocycles. The minimum absolute atomic E-state index is 0.241. The van der Waals surface area contributed by atoms with E-state index >= 15 is 0 Å². The van der Waals surface area contributed by atoms with Gasteiger partial charge in [0.1, 0.15) is 5.75 Å². The average molecular weight is 571 g/mol. The molecule has 0 aliphatic carbocycles. The van der Waals surface area contributed by atoms with Crippen molar-refractivity contribution in [1.82, 2.24) is 19.8 Å². The predicted molar refractivity (Wildman–Crippen MR) is 171 cm³/mol. The van der Waals surface area contributed by atoms with E-state index in [1.807, 2.05) is 67.1 Å². The molecule has 2 aromatic heterocycles. The number of benzene rings is 2. The van der Waals surface area contributed by atoms with Gasteiger partial charge in [-0.15, -0.1) is 0 Å². The van der Waals surface area contributed by atoms with E-state index in [2.05, 4.69) is 62.3 Å². The molecule has 2 aliphatic rings. The van der Waals surface area contributed by atoms with Crippen molar-refractivity contribution in [2.24, 2.45) is 16.6 Å². The summed E-state index contributed by atoms with van der Waals surface area (Å²) in [7, 11) is 0. The number of aromatic hydroxyl groups is 1. The first-order valence-electron chi connectivity index (χ1n) is 14.9. The molecule has 4 heterocycles. The molecule has 43 heavy (non-hydrogen) atoms. The zero-order chi connectivity index (χ0) is 29.4. The van der Waals surface area contributed by atoms with Crippen molar-refractivity contribution in [3.8, 4) is 5.75 Å². The molecular weight excluding hydrogens is 532 g/mol. The van der Waals surface area contributed by atoms with Gasteiger partial charge in [-0.05, 0) is 65.6 Å². The Morgan fingerprint density at radius 2 is 1.51 bits per heavy atom. The van der Waals surface area contributed by atoms with Gasteiger partial charge in [0, 0.05) is 87.2 Å². The van der Waals surface area contributed by atoms with E-state index in [9.17, 15) is 5.11 Å². The fourth-order valence-electron chi connectivity index (χ4n) is 6.01. The number of nitrogens with two attached hydrogens (primary N) is 1. The monoisotopic (exact) mass is 570 g/mol. The van der Waals surface area contributed by atoms with Gasteiger partial charge in [-0.2, -0.15) is 0 Å². The summed E-state index contributed by atoms with van der Waals surface area (Å²) < 4.78 is 0. The maximum Gasteiger partial charge on any atom is 0.124 e. The zero-order valence-corrected chi connectivity index (χ0v) is 24.4. The van der Waals surface area contributed by atoms with Crippen molar-refractivity contribution >= 4 is 5.71 Å². The first kappa shape index (κ1) is 28.7. The molecule has 0 spiro atoms. The number of rotatable bonds is 9. The molecule has 7 heteroatoms. The number of fused-ring (bicyclic) bond motifs is 2. The lowest BCUT2D eigenvalue weighted by atomic mass is 9.89. The Balaban J connectivity index is 1.30. The summed E-state index contributed by atoms with van der Waals surface area (Å²) in [4.78, 5) is 18.6. The molecule has 1 unspecified atom stereocenters. The third-order valence-electron chi connectivity index (χ3n) is 8.12. The van der Waals surface area contributed by atoms with Crippen LogP contribution in [0.3, 0.4) is 0 Å². The topological polar surface area (TPSA) is 90.9 Å². The van der Waals surface area contributed by atoms with Crippen molar-refractivity contribution in [2.75, 3.05) is 6.54 Å². The minimum Gasteiger partial charge on any atom is -0.507 e. The van der Waals surface area contributed by atoms with E-state index in [0.29, 0.717) is 38.5 Å². The molecule has 4 aromatic rings. The Bertz CT molecular complexity index is 1570. The average Bonchev–Trinajstić information content (AvgIpc) is 3.24. The minimum atomic E-state index is 0.241. The fourth-order valence-corrected chi connectivity index (χ4v) is 6.01. The van der Waals surface area contributed by atoms with E-state index in [0.717, 1.165) is 53.3 Å². The molecule has 0 bridgehead atoms. The van der Waals surface area contributed by atoms with Crippen LogP contribution in [0.5, 0.6) is 5.75 Å². The fraction of sp³-hybridized carbons (Fsp3) is 0.250. The van der Waals surface area contributed by atoms with Crippen LogP contribution in [0.1, 0.15) is 39.2 Å². The van der Waals surface area contributed by atoms with Crippen LogP contribution in [0.4, 0.5) is 0 Å². The van der Waals surface area contributed by atoms with Gasteiger partial charge in [-0.3, -0.25) is 24.8 Å². The molecule has 2 aromatic carbocycles. The molecule has 3 N–H and O–H groups in total. The summed E-state index contributed by atoms with van der Waals surface area (Å²) >= 11 is 0. The number of nitrogens with zero attached hydrogens (tertiary/aromatic N) is 5. The van der Waals surface area contributed by atoms with E-state index < -0.39 is 0 Å². The van der Waals surface area contributed by atoms with Gasteiger partial charge in [-0.1, -0.05) is 48.6 Å². The Morgan fingerprint density at radius 1 is 0.814 bits per heavy atom. The first-order valence-corrected chi connectivity index (χ1v) is 14.9. The van der Waals surface area contributed by atoms with Gasteiger partial charge < -0.3 is 10.8 Å². The lowest BCUT2D eigenvalue weighted by molar-refractivity contribution is 0.237. The maximum atomic E-state index is 11.7. The highest BCUT2D eigenvalue weighted by Gasteiger charge is 2.25. The summed E-state index contributed by atoms with van der Waals surface area (Å²) in [5, 5.41) is 11.7. The highest BCUT2D eigenvalue weighted by atomic mass is 16.3. The number of aliphatic imine (C=N–C) groups is 1. The van der Waals surface area contributed by atoms with Crippen molar-refractivity contribution < 1.29 is 5.11 Å². The van der Waals surface area contributed by atoms with Gasteiger partial charge in [0.2, 0.25) is 0 Å². The smallest absolute Gasteiger partial charge is 0.124 e. The highest BCUT2D eigenvalue weighted by Crippen LogP contribution is 2.30. The van der Waals surface area contributed by atoms with E-state index in [1.54, 1.807) is 0 Å². The third-order valence-corrected chi connectivity index (χ3v) is 8.12. The summed E-state index contributed by atoms with van der Waals surface area (Å²) in [5.74, 6) is 0.559. The molecule has 0 saturated heterocycles. The van der Waals surface area contributed by atoms with Crippen LogP contribution in [0, 0.1) is 5.92 Å². The number of hydrogen-bond acceptors (Lipinski definition) is 7. The van der Waals surface area contributed by atoms with Crippen molar-refractivity contribution in [2.45, 2.75) is 45.7 Å². The van der Waals surface area contributed by atoms with E-state index in [1.165, 1.54) is 11.1 Å². The Labute approximate surface area is 253 Å². The molecule has 0 fully saturated rings. The van der Waals surface area contributed by atoms with Gasteiger partial charge in [0.15, 0.2) is 0 Å². The lowest BCUT2D eigenvalue weighted by Crippen LogP contribution is -2.35. The van der Waals surface area contributed by atoms with Crippen LogP contribution >= 0.6 is 0 Å². The van der Waals surface area contributed by atoms with Crippen LogP contribution in [0.25, 0.3) is 0 Å². The SMILES string of the molecule is NCc1cc(CN(Cc2ccccn2)Cc2ccccn2)c(O)c(CN2CC3=NC=CC=CC3Cc3ccccc3C2)c1. The molecule has 218 valence electrons. The third kappa shape index (κ3) is 7.32. The van der Waals surface area contributed by atoms with Crippen LogP contribution in [-0.4, -0.2) is 37.1 Å². The number of phenolic OH excluding ortho intramolecular Hbond substituents is 1. The number of phenols is 1. The quantitative estimate of drug-likeness (QED) is 0.275. The van der Waals surface area contributed by atoms with Crippen LogP contribution in [0.15, 0.2) is 115 Å². The molecule has 0 amide bonds. The second-order valence-corrected chi connectivity index (χ2v) is 11.3. The first-order chi connectivity index (χ1) is 21.1. The molecule has 6 rings (SSSR count). The number of aromatic nitrogens is 2. The standard InChI is InChI=1S/C36H38N6O/c37-20-27-17-31(22-41-21-30-11-2-1-9-28(30)19-29-10-3-6-16-40-35(29)26-41)36(43)32(18-27)23-42(24-33-12-4-7-14-38-33)25-34-13-5-8-15-39-34/h1-18,29,43H,19-26,37H2. The van der Waals surface area contributed by atoms with Gasteiger partial charge in [0.25, 0.3) is 0 Å². The summed E-state index contributed by atoms with van der Waals surface area (Å²) in [6.07, 6.45) is 12.8. The maximum absolute atomic E-state index is 11.7. The second-order valence-electron chi connectivity index (χ2n) is 11.3. The lowest BCUT2D eigenvalue weighted by Gasteiger charge is -2.30. The van der Waals surface area contributed by atoms with Gasteiger partial charge in [-0.25, -0.2) is 0 Å². The summed E-state index contributed by atoms with van der Waals surface area (Å²) in [5.41, 5.74) is 14.7. The number of allylic oxidation sites excluding steroid dienone is 3. The zero-order valence-electron chi connectivity index (χ0n) is 24.4. The molecule has 1 atom stereocenters. The molecule has 7 nitrogen and oxygen atoms in total. The highest BCUT2D eigenvalue weighted by molar-refractivity contribution is 5.91. The Hall–Kier alpha value is -4.43. The van der Waals surface area contributed by atoms with Crippen LogP contribution in [0.2, 0.25) is 0 Å². The largest absolute Gasteiger partial charge is 0.507 e. The summed E-state index contributed by atoms with van der Waals surface area (Å²) in [6, 6.07) is 24.7. The van der Waals surface area contributed by atoms with E-state index in [4.69, 9.17) is 10.7 Å². The van der Waals surface area contributed by atoms with Gasteiger partial charge in [0.05, 0.1) is 11.4 Å². The normalized spacial score (nSPS) is 16.6. The Kier molecular flexibility index (Phi) is 9.13. The van der Waals surface area contributed by atoms with Crippen molar-refractivity contribution in [3.05, 3.63) is 149 Å². The summed E-state index contributed by atoms with van der Waals surface area (Å²) in [6.45, 7) is 4.28. The van der Waals surface area contributed by atoms with Gasteiger partial charge >= 0.3 is 0 Å². The number of pyridine rings is 2. The van der Waals surface area contributed by atoms with Crippen molar-refractivity contribution in [1.29, 1.82) is 0 Å². The van der Waals surface area contributed by atoms with Crippen molar-refractivity contribution in [3.63, 3.8) is 0 Å². The number of hydrogen-bond donors (Lipinski definition) is 2. The second kappa shape index (κ2) is 13.7. The molecule has 2 aliphatic heterocycles. The van der Waals surface area contributed by atoms with Crippen LogP contribution in [-0.2, 0) is 45.7 Å². The Morgan fingerprint density at radius 3 is 2.21 bits per heavy atom. The molecule has 0 radical (unpaired) electrons. The molecular formula is C36H38N6O. The van der Waals surface area contributed by atoms with E-state index in [-0.39, 0.29) is 5.92 Å². The van der Waals surface area contributed by atoms with Crippen LogP contribution < -0.4 is 5.73 Å². The predicted octanol–water partition coefficient (Wildman–Crippen LogP) is 5.54.